The van der Waals surface area contributed by atoms with Crippen molar-refractivity contribution in [2.45, 2.75) is 46.8 Å². The Balaban J connectivity index is 0.00000155. The summed E-state index contributed by atoms with van der Waals surface area (Å²) in [5.74, 6) is 0. The van der Waals surface area contributed by atoms with E-state index in [-0.39, 0.29) is 6.09 Å². The lowest BCUT2D eigenvalue weighted by Gasteiger charge is -2.26. The first kappa shape index (κ1) is 23.4. The van der Waals surface area contributed by atoms with Crippen molar-refractivity contribution in [1.29, 1.82) is 0 Å². The number of carbonyl (C=O) groups excluding carboxylic acids is 1. The first-order valence-electron chi connectivity index (χ1n) is 10.7. The summed E-state index contributed by atoms with van der Waals surface area (Å²) in [5.41, 5.74) is 3.89. The predicted molar refractivity (Wildman–Crippen MR) is 126 cm³/mol. The number of hydrogen-bond acceptors (Lipinski definition) is 5. The quantitative estimate of drug-likeness (QED) is 0.690. The van der Waals surface area contributed by atoms with Crippen molar-refractivity contribution in [3.63, 3.8) is 0 Å². The second-order valence-electron chi connectivity index (χ2n) is 7.94. The standard InChI is InChI=1S/C22H30N4O2.C2H6/c1-22(2,3)28-21(27)26-14-13-25(16-26)19-12-8-11-18(20(19)23-4)24-15-17-9-6-5-7-10-17;1-2/h5-12,23-24H,13-16H2,1-4H3;1-2H3. The number of para-hydroxylation sites is 1. The van der Waals surface area contributed by atoms with E-state index in [4.69, 9.17) is 4.74 Å². The molecule has 0 aromatic heterocycles. The Morgan fingerprint density at radius 2 is 1.73 bits per heavy atom. The molecule has 1 amide bonds. The zero-order valence-corrected chi connectivity index (χ0v) is 19.2. The lowest BCUT2D eigenvalue weighted by Crippen LogP contribution is -2.36. The number of nitrogens with one attached hydrogen (secondary N) is 2. The molecule has 1 heterocycles. The number of nitrogens with zero attached hydrogens (tertiary/aromatic N) is 2. The van der Waals surface area contributed by atoms with Crippen LogP contribution in [-0.2, 0) is 11.3 Å². The molecule has 6 nitrogen and oxygen atoms in total. The lowest BCUT2D eigenvalue weighted by molar-refractivity contribution is 0.0297. The number of carbonyl (C=O) groups is 1. The van der Waals surface area contributed by atoms with Crippen molar-refractivity contribution in [1.82, 2.24) is 4.90 Å². The zero-order chi connectivity index (χ0) is 22.1. The summed E-state index contributed by atoms with van der Waals surface area (Å²) in [7, 11) is 1.92. The molecule has 2 N–H and O–H groups in total. The Bertz CT molecular complexity index is 803. The van der Waals surface area contributed by atoms with Gasteiger partial charge in [-0.3, -0.25) is 4.90 Å². The van der Waals surface area contributed by atoms with Crippen LogP contribution in [0.25, 0.3) is 0 Å². The molecule has 6 heteroatoms. The zero-order valence-electron chi connectivity index (χ0n) is 19.2. The van der Waals surface area contributed by atoms with E-state index in [0.29, 0.717) is 13.2 Å². The molecule has 0 aliphatic carbocycles. The third kappa shape index (κ3) is 6.31. The predicted octanol–water partition coefficient (Wildman–Crippen LogP) is 5.38. The molecule has 0 radical (unpaired) electrons. The maximum atomic E-state index is 12.4. The van der Waals surface area contributed by atoms with Gasteiger partial charge in [-0.05, 0) is 38.5 Å². The fourth-order valence-electron chi connectivity index (χ4n) is 3.27. The summed E-state index contributed by atoms with van der Waals surface area (Å²) in [6.07, 6.45) is -0.264. The minimum Gasteiger partial charge on any atom is -0.444 e. The highest BCUT2D eigenvalue weighted by Crippen LogP contribution is 2.34. The van der Waals surface area contributed by atoms with Crippen molar-refractivity contribution in [3.05, 3.63) is 54.1 Å². The van der Waals surface area contributed by atoms with Gasteiger partial charge in [0, 0.05) is 26.7 Å². The molecular formula is C24H36N4O2. The molecule has 1 fully saturated rings. The van der Waals surface area contributed by atoms with E-state index >= 15 is 0 Å². The van der Waals surface area contributed by atoms with E-state index in [2.05, 4.69) is 39.8 Å². The summed E-state index contributed by atoms with van der Waals surface area (Å²) in [6.45, 7) is 12.4. The molecule has 164 valence electrons. The Kier molecular flexibility index (Phi) is 8.39. The van der Waals surface area contributed by atoms with Crippen molar-refractivity contribution in [3.8, 4) is 0 Å². The number of ether oxygens (including phenoxy) is 1. The van der Waals surface area contributed by atoms with Gasteiger partial charge in [-0.15, -0.1) is 0 Å². The SMILES string of the molecule is CC.CNc1c(NCc2ccccc2)cccc1N1CCN(C(=O)OC(C)(C)C)C1. The van der Waals surface area contributed by atoms with Gasteiger partial charge < -0.3 is 20.3 Å². The molecule has 0 saturated carbocycles. The van der Waals surface area contributed by atoms with Crippen LogP contribution in [-0.4, -0.2) is 43.4 Å². The van der Waals surface area contributed by atoms with Gasteiger partial charge in [0.1, 0.15) is 5.60 Å². The van der Waals surface area contributed by atoms with Crippen molar-refractivity contribution in [2.75, 3.05) is 42.3 Å². The Labute approximate surface area is 181 Å². The lowest BCUT2D eigenvalue weighted by atomic mass is 10.2. The van der Waals surface area contributed by atoms with Gasteiger partial charge in [0.15, 0.2) is 0 Å². The average molecular weight is 413 g/mol. The molecule has 3 rings (SSSR count). The van der Waals surface area contributed by atoms with Gasteiger partial charge >= 0.3 is 6.09 Å². The summed E-state index contributed by atoms with van der Waals surface area (Å²) in [6, 6.07) is 16.5. The normalized spacial score (nSPS) is 13.4. The molecule has 0 unspecified atom stereocenters. The molecule has 2 aromatic carbocycles. The van der Waals surface area contributed by atoms with Crippen LogP contribution >= 0.6 is 0 Å². The number of rotatable bonds is 5. The van der Waals surface area contributed by atoms with Crippen LogP contribution in [0, 0.1) is 0 Å². The van der Waals surface area contributed by atoms with Crippen molar-refractivity contribution in [2.24, 2.45) is 0 Å². The number of anilines is 3. The first-order chi connectivity index (χ1) is 14.4. The van der Waals surface area contributed by atoms with Gasteiger partial charge in [0.2, 0.25) is 0 Å². The van der Waals surface area contributed by atoms with Crippen molar-refractivity contribution >= 4 is 23.2 Å². The maximum absolute atomic E-state index is 12.4. The van der Waals surface area contributed by atoms with Crippen molar-refractivity contribution < 1.29 is 9.53 Å². The van der Waals surface area contributed by atoms with Gasteiger partial charge in [0.05, 0.1) is 23.7 Å². The first-order valence-corrected chi connectivity index (χ1v) is 10.7. The van der Waals surface area contributed by atoms with E-state index in [1.807, 2.05) is 65.9 Å². The second-order valence-corrected chi connectivity index (χ2v) is 7.94. The van der Waals surface area contributed by atoms with E-state index in [1.54, 1.807) is 4.90 Å². The van der Waals surface area contributed by atoms with E-state index < -0.39 is 5.60 Å². The van der Waals surface area contributed by atoms with E-state index in [9.17, 15) is 4.79 Å². The highest BCUT2D eigenvalue weighted by atomic mass is 16.6. The monoisotopic (exact) mass is 412 g/mol. The molecule has 30 heavy (non-hydrogen) atoms. The van der Waals surface area contributed by atoms with Crippen LogP contribution in [0.1, 0.15) is 40.2 Å². The van der Waals surface area contributed by atoms with Gasteiger partial charge in [0.25, 0.3) is 0 Å². The molecule has 0 bridgehead atoms. The topological polar surface area (TPSA) is 56.8 Å². The highest BCUT2D eigenvalue weighted by molar-refractivity contribution is 5.83. The molecule has 0 atom stereocenters. The maximum Gasteiger partial charge on any atom is 0.411 e. The number of hydrogen-bond donors (Lipinski definition) is 2. The molecular weight excluding hydrogens is 376 g/mol. The molecule has 1 aliphatic rings. The number of benzene rings is 2. The van der Waals surface area contributed by atoms with Gasteiger partial charge in [-0.25, -0.2) is 4.79 Å². The van der Waals surface area contributed by atoms with E-state index in [0.717, 1.165) is 30.2 Å². The summed E-state index contributed by atoms with van der Waals surface area (Å²) in [4.78, 5) is 16.3. The van der Waals surface area contributed by atoms with Crippen LogP contribution in [0.2, 0.25) is 0 Å². The summed E-state index contributed by atoms with van der Waals surface area (Å²) in [5, 5.41) is 6.84. The van der Waals surface area contributed by atoms with Crippen LogP contribution in [0.15, 0.2) is 48.5 Å². The van der Waals surface area contributed by atoms with Crippen LogP contribution in [0.4, 0.5) is 21.9 Å². The van der Waals surface area contributed by atoms with Crippen LogP contribution in [0.3, 0.4) is 0 Å². The smallest absolute Gasteiger partial charge is 0.411 e. The third-order valence-corrected chi connectivity index (χ3v) is 4.59. The number of amides is 1. The molecule has 1 aliphatic heterocycles. The summed E-state index contributed by atoms with van der Waals surface area (Å²) < 4.78 is 5.51. The minimum absolute atomic E-state index is 0.264. The van der Waals surface area contributed by atoms with Crippen LogP contribution in [0.5, 0.6) is 0 Å². The average Bonchev–Trinajstić information content (AvgIpc) is 3.23. The molecule has 1 saturated heterocycles. The molecule has 2 aromatic rings. The Morgan fingerprint density at radius 3 is 2.37 bits per heavy atom. The van der Waals surface area contributed by atoms with Gasteiger partial charge in [-0.1, -0.05) is 50.2 Å². The minimum atomic E-state index is -0.484. The van der Waals surface area contributed by atoms with Gasteiger partial charge in [-0.2, -0.15) is 0 Å². The fourth-order valence-corrected chi connectivity index (χ4v) is 3.27. The van der Waals surface area contributed by atoms with E-state index in [1.165, 1.54) is 5.56 Å². The summed E-state index contributed by atoms with van der Waals surface area (Å²) >= 11 is 0. The second kappa shape index (κ2) is 10.8. The van der Waals surface area contributed by atoms with Crippen LogP contribution < -0.4 is 15.5 Å². The Hall–Kier alpha value is -2.89. The Morgan fingerprint density at radius 1 is 1.03 bits per heavy atom. The highest BCUT2D eigenvalue weighted by Gasteiger charge is 2.29. The molecule has 0 spiro atoms. The fraction of sp³-hybridized carbons (Fsp3) is 0.458. The largest absolute Gasteiger partial charge is 0.444 e. The third-order valence-electron chi connectivity index (χ3n) is 4.59.